The third-order valence-electron chi connectivity index (χ3n) is 4.76. The van der Waals surface area contributed by atoms with Crippen LogP contribution in [-0.2, 0) is 19.1 Å². The zero-order valence-electron chi connectivity index (χ0n) is 15.8. The van der Waals surface area contributed by atoms with Gasteiger partial charge in [-0.25, -0.2) is 0 Å². The van der Waals surface area contributed by atoms with Gasteiger partial charge in [0.15, 0.2) is 0 Å². The monoisotopic (exact) mass is 356 g/mol. The highest BCUT2D eigenvalue weighted by molar-refractivity contribution is 5.66. The third-order valence-corrected chi connectivity index (χ3v) is 4.76. The van der Waals surface area contributed by atoms with Crippen molar-refractivity contribution in [1.82, 2.24) is 0 Å². The van der Waals surface area contributed by atoms with Crippen LogP contribution in [0.4, 0.5) is 0 Å². The summed E-state index contributed by atoms with van der Waals surface area (Å²) >= 11 is 0. The predicted molar refractivity (Wildman–Crippen MR) is 97.6 cm³/mol. The number of carbonyl (C=O) groups excluding carboxylic acids is 1. The Hall–Kier alpha value is -1.10. The van der Waals surface area contributed by atoms with Gasteiger partial charge in [-0.3, -0.25) is 9.59 Å². The van der Waals surface area contributed by atoms with Gasteiger partial charge in [0.1, 0.15) is 0 Å². The predicted octanol–water partition coefficient (Wildman–Crippen LogP) is 4.86. The Bertz CT molecular complexity index is 335. The van der Waals surface area contributed by atoms with Crippen LogP contribution in [-0.4, -0.2) is 35.9 Å². The van der Waals surface area contributed by atoms with E-state index in [-0.39, 0.29) is 5.97 Å². The third kappa shape index (κ3) is 13.8. The van der Waals surface area contributed by atoms with Gasteiger partial charge in [0, 0.05) is 13.3 Å². The van der Waals surface area contributed by atoms with Crippen molar-refractivity contribution >= 4 is 11.9 Å². The molecule has 0 radical (unpaired) electrons. The molecule has 0 aromatic carbocycles. The molecule has 25 heavy (non-hydrogen) atoms. The Morgan fingerprint density at radius 3 is 1.80 bits per heavy atom. The first kappa shape index (κ1) is 21.9. The van der Waals surface area contributed by atoms with E-state index in [2.05, 4.69) is 0 Å². The molecule has 0 aromatic rings. The lowest BCUT2D eigenvalue weighted by molar-refractivity contribution is -0.141. The molecule has 1 rings (SSSR count). The van der Waals surface area contributed by atoms with E-state index in [1.165, 1.54) is 58.3 Å². The first-order valence-corrected chi connectivity index (χ1v) is 10.1. The molecule has 0 aromatic heterocycles. The van der Waals surface area contributed by atoms with Crippen LogP contribution in [0.2, 0.25) is 0 Å². The van der Waals surface area contributed by atoms with Crippen molar-refractivity contribution in [3.8, 4) is 0 Å². The fourth-order valence-corrected chi connectivity index (χ4v) is 3.21. The SMILES string of the molecule is CC(=O)OCCCCCCCC1OC1CCCCCCCCC(=O)O. The normalized spacial score (nSPS) is 18.9. The highest BCUT2D eigenvalue weighted by Crippen LogP contribution is 2.31. The number of rotatable bonds is 17. The summed E-state index contributed by atoms with van der Waals surface area (Å²) in [5.41, 5.74) is 0. The van der Waals surface area contributed by atoms with Crippen LogP contribution in [0.25, 0.3) is 0 Å². The van der Waals surface area contributed by atoms with Crippen molar-refractivity contribution in [3.63, 3.8) is 0 Å². The minimum Gasteiger partial charge on any atom is -0.481 e. The molecule has 1 saturated heterocycles. The fourth-order valence-electron chi connectivity index (χ4n) is 3.21. The maximum Gasteiger partial charge on any atom is 0.303 e. The molecule has 1 fully saturated rings. The topological polar surface area (TPSA) is 76.1 Å². The standard InChI is InChI=1S/C20H36O5/c1-17(21)24-16-12-8-4-6-10-14-19-18(25-19)13-9-5-2-3-7-11-15-20(22)23/h18-19H,2-16H2,1H3,(H,22,23). The average Bonchev–Trinajstić information content (AvgIpc) is 3.30. The average molecular weight is 357 g/mol. The maximum absolute atomic E-state index is 10.6. The van der Waals surface area contributed by atoms with Gasteiger partial charge < -0.3 is 14.6 Å². The molecule has 1 aliphatic rings. The molecule has 0 aliphatic carbocycles. The Kier molecular flexibility index (Phi) is 12.4. The van der Waals surface area contributed by atoms with Crippen molar-refractivity contribution in [3.05, 3.63) is 0 Å². The summed E-state index contributed by atoms with van der Waals surface area (Å²) in [6, 6.07) is 0. The molecule has 0 saturated carbocycles. The van der Waals surface area contributed by atoms with E-state index in [0.717, 1.165) is 32.1 Å². The second-order valence-corrected chi connectivity index (χ2v) is 7.16. The molecule has 5 nitrogen and oxygen atoms in total. The summed E-state index contributed by atoms with van der Waals surface area (Å²) in [5.74, 6) is -0.867. The molecule has 1 heterocycles. The van der Waals surface area contributed by atoms with Gasteiger partial charge in [-0.2, -0.15) is 0 Å². The van der Waals surface area contributed by atoms with Crippen molar-refractivity contribution in [2.24, 2.45) is 0 Å². The number of carboxylic acid groups (broad SMARTS) is 1. The van der Waals surface area contributed by atoms with Crippen LogP contribution in [0, 0.1) is 0 Å². The summed E-state index contributed by atoms with van der Waals surface area (Å²) in [6.45, 7) is 2.01. The fraction of sp³-hybridized carbons (Fsp3) is 0.900. The van der Waals surface area contributed by atoms with Gasteiger partial charge in [-0.15, -0.1) is 0 Å². The molecule has 0 amide bonds. The molecular formula is C20H36O5. The van der Waals surface area contributed by atoms with Gasteiger partial charge in [0.05, 0.1) is 18.8 Å². The van der Waals surface area contributed by atoms with Gasteiger partial charge in [0.2, 0.25) is 0 Å². The Morgan fingerprint density at radius 1 is 0.800 bits per heavy atom. The summed E-state index contributed by atoms with van der Waals surface area (Å²) in [7, 11) is 0. The van der Waals surface area contributed by atoms with Crippen LogP contribution in [0.1, 0.15) is 96.8 Å². The minimum absolute atomic E-state index is 0.185. The second kappa shape index (κ2) is 14.1. The zero-order valence-corrected chi connectivity index (χ0v) is 15.8. The second-order valence-electron chi connectivity index (χ2n) is 7.16. The van der Waals surface area contributed by atoms with Gasteiger partial charge in [-0.05, 0) is 25.7 Å². The minimum atomic E-state index is -0.682. The number of hydrogen-bond donors (Lipinski definition) is 1. The molecule has 1 N–H and O–H groups in total. The van der Waals surface area contributed by atoms with E-state index in [1.807, 2.05) is 0 Å². The van der Waals surface area contributed by atoms with Crippen molar-refractivity contribution in [2.45, 2.75) is 109 Å². The summed E-state index contributed by atoms with van der Waals surface area (Å²) in [4.78, 5) is 21.0. The molecule has 5 heteroatoms. The van der Waals surface area contributed by atoms with Crippen LogP contribution >= 0.6 is 0 Å². The molecule has 2 atom stereocenters. The number of carbonyl (C=O) groups is 2. The van der Waals surface area contributed by atoms with Crippen molar-refractivity contribution in [1.29, 1.82) is 0 Å². The number of hydrogen-bond acceptors (Lipinski definition) is 4. The number of aliphatic carboxylic acids is 1. The lowest BCUT2D eigenvalue weighted by atomic mass is 10.0. The molecule has 2 unspecified atom stereocenters. The number of unbranched alkanes of at least 4 members (excludes halogenated alkanes) is 9. The zero-order chi connectivity index (χ0) is 18.3. The molecule has 1 aliphatic heterocycles. The van der Waals surface area contributed by atoms with E-state index >= 15 is 0 Å². The Labute approximate surface area is 152 Å². The largest absolute Gasteiger partial charge is 0.481 e. The van der Waals surface area contributed by atoms with Crippen LogP contribution < -0.4 is 0 Å². The summed E-state index contributed by atoms with van der Waals surface area (Å²) in [5, 5.41) is 8.56. The van der Waals surface area contributed by atoms with E-state index < -0.39 is 5.97 Å². The quantitative estimate of drug-likeness (QED) is 0.229. The lowest BCUT2D eigenvalue weighted by Gasteiger charge is -2.02. The van der Waals surface area contributed by atoms with Crippen LogP contribution in [0.5, 0.6) is 0 Å². The first-order valence-electron chi connectivity index (χ1n) is 10.1. The number of epoxide rings is 1. The van der Waals surface area contributed by atoms with Crippen LogP contribution in [0.15, 0.2) is 0 Å². The van der Waals surface area contributed by atoms with Gasteiger partial charge in [-0.1, -0.05) is 57.8 Å². The number of esters is 1. The molecule has 0 spiro atoms. The lowest BCUT2D eigenvalue weighted by Crippen LogP contribution is -2.00. The summed E-state index contributed by atoms with van der Waals surface area (Å²) in [6.07, 6.45) is 16.1. The van der Waals surface area contributed by atoms with E-state index in [1.54, 1.807) is 0 Å². The highest BCUT2D eigenvalue weighted by Gasteiger charge is 2.36. The molecular weight excluding hydrogens is 320 g/mol. The smallest absolute Gasteiger partial charge is 0.303 e. The Balaban J connectivity index is 1.75. The van der Waals surface area contributed by atoms with Crippen molar-refractivity contribution < 1.29 is 24.2 Å². The Morgan fingerprint density at radius 2 is 1.28 bits per heavy atom. The first-order chi connectivity index (χ1) is 12.1. The maximum atomic E-state index is 10.6. The molecule has 0 bridgehead atoms. The van der Waals surface area contributed by atoms with E-state index in [0.29, 0.717) is 25.2 Å². The highest BCUT2D eigenvalue weighted by atomic mass is 16.6. The van der Waals surface area contributed by atoms with E-state index in [9.17, 15) is 9.59 Å². The van der Waals surface area contributed by atoms with Crippen molar-refractivity contribution in [2.75, 3.05) is 6.61 Å². The summed E-state index contributed by atoms with van der Waals surface area (Å²) < 4.78 is 10.6. The van der Waals surface area contributed by atoms with Gasteiger partial charge in [0.25, 0.3) is 0 Å². The van der Waals surface area contributed by atoms with Gasteiger partial charge >= 0.3 is 11.9 Å². The number of carboxylic acids is 1. The van der Waals surface area contributed by atoms with Crippen LogP contribution in [0.3, 0.4) is 0 Å². The molecule has 146 valence electrons. The van der Waals surface area contributed by atoms with E-state index in [4.69, 9.17) is 14.6 Å². The number of ether oxygens (including phenoxy) is 2.